The highest BCUT2D eigenvalue weighted by atomic mass is 35.5. The van der Waals surface area contributed by atoms with Crippen LogP contribution in [0.2, 0.25) is 5.02 Å². The van der Waals surface area contributed by atoms with Gasteiger partial charge in [0.2, 0.25) is 0 Å². The van der Waals surface area contributed by atoms with Crippen LogP contribution in [0.4, 0.5) is 0 Å². The zero-order valence-corrected chi connectivity index (χ0v) is 15.1. The van der Waals surface area contributed by atoms with Gasteiger partial charge in [-0.25, -0.2) is 13.2 Å². The third-order valence-corrected chi connectivity index (χ3v) is 6.77. The second kappa shape index (κ2) is 6.76. The van der Waals surface area contributed by atoms with Gasteiger partial charge in [0, 0.05) is 22.5 Å². The maximum absolute atomic E-state index is 12.2. The summed E-state index contributed by atoms with van der Waals surface area (Å²) in [6, 6.07) is 7.14. The van der Waals surface area contributed by atoms with Crippen molar-refractivity contribution in [2.45, 2.75) is 38.0 Å². The van der Waals surface area contributed by atoms with E-state index in [1.165, 1.54) is 0 Å². The SMILES string of the molecule is CCOC(=O)c1cc2cc(Cl)ccc2n1CCCS(=O)(=O)C1CC1. The number of nitrogens with zero attached hydrogens (tertiary/aromatic N) is 1. The van der Waals surface area contributed by atoms with Crippen LogP contribution in [0.15, 0.2) is 24.3 Å². The molecule has 1 heterocycles. The van der Waals surface area contributed by atoms with Crippen LogP contribution in [0.1, 0.15) is 36.7 Å². The molecule has 0 unspecified atom stereocenters. The van der Waals surface area contributed by atoms with Gasteiger partial charge in [0.15, 0.2) is 9.84 Å². The van der Waals surface area contributed by atoms with Crippen molar-refractivity contribution in [3.63, 3.8) is 0 Å². The second-order valence-electron chi connectivity index (χ2n) is 6.02. The summed E-state index contributed by atoms with van der Waals surface area (Å²) in [7, 11) is -2.99. The molecular formula is C17H20ClNO4S. The van der Waals surface area contributed by atoms with Crippen molar-refractivity contribution >= 4 is 38.3 Å². The van der Waals surface area contributed by atoms with Crippen molar-refractivity contribution in [2.75, 3.05) is 12.4 Å². The topological polar surface area (TPSA) is 65.4 Å². The lowest BCUT2D eigenvalue weighted by Crippen LogP contribution is -2.16. The van der Waals surface area contributed by atoms with E-state index in [2.05, 4.69) is 0 Å². The van der Waals surface area contributed by atoms with Crippen molar-refractivity contribution in [1.29, 1.82) is 0 Å². The fraction of sp³-hybridized carbons (Fsp3) is 0.471. The minimum Gasteiger partial charge on any atom is -0.461 e. The van der Waals surface area contributed by atoms with Gasteiger partial charge >= 0.3 is 5.97 Å². The van der Waals surface area contributed by atoms with Crippen LogP contribution in [0.5, 0.6) is 0 Å². The lowest BCUT2D eigenvalue weighted by Gasteiger charge is -2.10. The molecule has 0 radical (unpaired) electrons. The maximum atomic E-state index is 12.2. The predicted molar refractivity (Wildman–Crippen MR) is 94.3 cm³/mol. The van der Waals surface area contributed by atoms with E-state index < -0.39 is 15.8 Å². The van der Waals surface area contributed by atoms with Crippen LogP contribution in [0.25, 0.3) is 10.9 Å². The average Bonchev–Trinajstić information content (AvgIpc) is 3.32. The molecule has 0 spiro atoms. The van der Waals surface area contributed by atoms with Crippen LogP contribution in [0.3, 0.4) is 0 Å². The number of sulfone groups is 1. The molecule has 0 bridgehead atoms. The Morgan fingerprint density at radius 2 is 2.08 bits per heavy atom. The normalized spacial score (nSPS) is 14.9. The molecule has 7 heteroatoms. The number of aryl methyl sites for hydroxylation is 1. The molecule has 1 aromatic carbocycles. The molecule has 1 saturated carbocycles. The fourth-order valence-corrected chi connectivity index (χ4v) is 4.77. The van der Waals surface area contributed by atoms with Crippen LogP contribution in [-0.2, 0) is 21.1 Å². The molecule has 0 aliphatic heterocycles. The highest BCUT2D eigenvalue weighted by Gasteiger charge is 2.34. The highest BCUT2D eigenvalue weighted by Crippen LogP contribution is 2.30. The molecular weight excluding hydrogens is 350 g/mol. The van der Waals surface area contributed by atoms with E-state index in [9.17, 15) is 13.2 Å². The number of rotatable bonds is 7. The third kappa shape index (κ3) is 3.59. The smallest absolute Gasteiger partial charge is 0.354 e. The number of ether oxygens (including phenoxy) is 1. The standard InChI is InChI=1S/C17H20ClNO4S/c1-2-23-17(20)16-11-12-10-13(18)4-7-15(12)19(16)8-3-9-24(21,22)14-5-6-14/h4,7,10-11,14H,2-3,5-6,8-9H2,1H3. The van der Waals surface area contributed by atoms with Gasteiger partial charge in [-0.2, -0.15) is 0 Å². The molecule has 0 N–H and O–H groups in total. The van der Waals surface area contributed by atoms with E-state index in [1.54, 1.807) is 25.1 Å². The highest BCUT2D eigenvalue weighted by molar-refractivity contribution is 7.92. The van der Waals surface area contributed by atoms with Gasteiger partial charge in [-0.05, 0) is 50.5 Å². The molecule has 24 heavy (non-hydrogen) atoms. The predicted octanol–water partition coefficient (Wildman–Crippen LogP) is 3.44. The Hall–Kier alpha value is -1.53. The summed E-state index contributed by atoms with van der Waals surface area (Å²) in [5.41, 5.74) is 1.28. The number of carbonyl (C=O) groups is 1. The number of fused-ring (bicyclic) bond motifs is 1. The van der Waals surface area contributed by atoms with E-state index in [0.717, 1.165) is 23.7 Å². The van der Waals surface area contributed by atoms with E-state index in [4.69, 9.17) is 16.3 Å². The molecule has 2 aromatic rings. The molecule has 1 fully saturated rings. The van der Waals surface area contributed by atoms with Gasteiger partial charge in [0.1, 0.15) is 5.69 Å². The molecule has 1 aliphatic rings. The largest absolute Gasteiger partial charge is 0.461 e. The molecule has 5 nitrogen and oxygen atoms in total. The summed E-state index contributed by atoms with van der Waals surface area (Å²) in [5, 5.41) is 1.28. The minimum atomic E-state index is -2.99. The Labute approximate surface area is 146 Å². The Kier molecular flexibility index (Phi) is 4.88. The number of carbonyl (C=O) groups excluding carboxylic acids is 1. The third-order valence-electron chi connectivity index (χ3n) is 4.19. The van der Waals surface area contributed by atoms with E-state index in [-0.39, 0.29) is 17.6 Å². The summed E-state index contributed by atoms with van der Waals surface area (Å²) in [5.74, 6) is -0.261. The minimum absolute atomic E-state index is 0.146. The van der Waals surface area contributed by atoms with E-state index in [1.807, 2.05) is 10.6 Å². The van der Waals surface area contributed by atoms with Crippen molar-refractivity contribution in [3.05, 3.63) is 35.0 Å². The molecule has 1 aromatic heterocycles. The molecule has 0 saturated heterocycles. The summed E-state index contributed by atoms with van der Waals surface area (Å²) >= 11 is 6.02. The number of halogens is 1. The van der Waals surface area contributed by atoms with Gasteiger partial charge in [-0.15, -0.1) is 0 Å². The van der Waals surface area contributed by atoms with Crippen molar-refractivity contribution in [3.8, 4) is 0 Å². The van der Waals surface area contributed by atoms with Crippen LogP contribution in [0, 0.1) is 0 Å². The first-order valence-corrected chi connectivity index (χ1v) is 10.2. The first-order chi connectivity index (χ1) is 11.4. The van der Waals surface area contributed by atoms with E-state index >= 15 is 0 Å². The first kappa shape index (κ1) is 17.3. The monoisotopic (exact) mass is 369 g/mol. The van der Waals surface area contributed by atoms with Crippen LogP contribution >= 0.6 is 11.6 Å². The Balaban J connectivity index is 1.86. The lowest BCUT2D eigenvalue weighted by molar-refractivity contribution is 0.0514. The second-order valence-corrected chi connectivity index (χ2v) is 8.86. The lowest BCUT2D eigenvalue weighted by atomic mass is 10.2. The average molecular weight is 370 g/mol. The summed E-state index contributed by atoms with van der Waals surface area (Å²) in [6.45, 7) is 2.49. The molecule has 0 atom stereocenters. The molecule has 0 amide bonds. The number of hydrogen-bond acceptors (Lipinski definition) is 4. The maximum Gasteiger partial charge on any atom is 0.354 e. The zero-order chi connectivity index (χ0) is 17.3. The fourth-order valence-electron chi connectivity index (χ4n) is 2.87. The van der Waals surface area contributed by atoms with Gasteiger partial charge in [0.05, 0.1) is 17.6 Å². The Bertz CT molecular complexity index is 868. The van der Waals surface area contributed by atoms with Crippen LogP contribution < -0.4 is 0 Å². The van der Waals surface area contributed by atoms with Crippen LogP contribution in [-0.4, -0.2) is 36.6 Å². The number of esters is 1. The molecule has 130 valence electrons. The van der Waals surface area contributed by atoms with Gasteiger partial charge in [-0.3, -0.25) is 0 Å². The Morgan fingerprint density at radius 1 is 1.33 bits per heavy atom. The molecule has 3 rings (SSSR count). The van der Waals surface area contributed by atoms with Crippen molar-refractivity contribution in [1.82, 2.24) is 4.57 Å². The first-order valence-electron chi connectivity index (χ1n) is 8.10. The van der Waals surface area contributed by atoms with Gasteiger partial charge in [0.25, 0.3) is 0 Å². The van der Waals surface area contributed by atoms with Gasteiger partial charge in [-0.1, -0.05) is 11.6 Å². The quantitative estimate of drug-likeness (QED) is 0.701. The Morgan fingerprint density at radius 3 is 2.75 bits per heavy atom. The summed E-state index contributed by atoms with van der Waals surface area (Å²) in [6.07, 6.45) is 2.03. The molecule has 1 aliphatic carbocycles. The summed E-state index contributed by atoms with van der Waals surface area (Å²) < 4.78 is 31.0. The zero-order valence-electron chi connectivity index (χ0n) is 13.5. The van der Waals surface area contributed by atoms with Crippen molar-refractivity contribution in [2.24, 2.45) is 0 Å². The number of hydrogen-bond donors (Lipinski definition) is 0. The van der Waals surface area contributed by atoms with E-state index in [0.29, 0.717) is 23.7 Å². The summed E-state index contributed by atoms with van der Waals surface area (Å²) in [4.78, 5) is 12.2. The number of aromatic nitrogens is 1. The number of benzene rings is 1. The van der Waals surface area contributed by atoms with Gasteiger partial charge < -0.3 is 9.30 Å². The van der Waals surface area contributed by atoms with Crippen molar-refractivity contribution < 1.29 is 17.9 Å².